The van der Waals surface area contributed by atoms with E-state index in [2.05, 4.69) is 103 Å². The highest BCUT2D eigenvalue weighted by atomic mass is 15.0. The molecule has 0 bridgehead atoms. The van der Waals surface area contributed by atoms with Gasteiger partial charge in [-0.2, -0.15) is 0 Å². The van der Waals surface area contributed by atoms with E-state index in [-0.39, 0.29) is 0 Å². The molecule has 216 valence electrons. The molecule has 0 radical (unpaired) electrons. The Bertz CT molecular complexity index is 2030. The smallest absolute Gasteiger partial charge is 0.154 e. The van der Waals surface area contributed by atoms with Gasteiger partial charge in [0.05, 0.1) is 23.3 Å². The SMILES string of the molecule is C=C/C=C(\C)c1ccc(C(N=C)=NCc2ccc(-c3ccc(C)cc3)c(-n3c4ccc(N)cc4c4cc(N)ccc43)c2)cc1. The summed E-state index contributed by atoms with van der Waals surface area (Å²) in [5, 5.41) is 2.12. The lowest BCUT2D eigenvalue weighted by atomic mass is 10.00. The number of benzene rings is 5. The van der Waals surface area contributed by atoms with Crippen molar-refractivity contribution in [2.75, 3.05) is 11.5 Å². The summed E-state index contributed by atoms with van der Waals surface area (Å²) in [6, 6.07) is 35.5. The first-order valence-corrected chi connectivity index (χ1v) is 14.6. The number of aryl methyl sites for hydroxylation is 1. The van der Waals surface area contributed by atoms with E-state index in [1.54, 1.807) is 6.08 Å². The molecule has 0 unspecified atom stereocenters. The number of amidine groups is 1. The van der Waals surface area contributed by atoms with Crippen LogP contribution in [0.25, 0.3) is 44.2 Å². The number of anilines is 2. The van der Waals surface area contributed by atoms with Crippen LogP contribution in [0.2, 0.25) is 0 Å². The molecule has 4 N–H and O–H groups in total. The molecular weight excluding hydrogens is 538 g/mol. The zero-order valence-electron chi connectivity index (χ0n) is 25.1. The molecule has 0 aliphatic rings. The monoisotopic (exact) mass is 573 g/mol. The van der Waals surface area contributed by atoms with Gasteiger partial charge in [0.2, 0.25) is 0 Å². The molecule has 6 aromatic rings. The molecule has 0 aliphatic carbocycles. The number of aliphatic imine (C=N–C) groups is 2. The summed E-state index contributed by atoms with van der Waals surface area (Å²) in [6.45, 7) is 12.2. The van der Waals surface area contributed by atoms with Gasteiger partial charge in [-0.1, -0.05) is 85.0 Å². The fourth-order valence-electron chi connectivity index (χ4n) is 5.71. The van der Waals surface area contributed by atoms with Crippen LogP contribution in [0.3, 0.4) is 0 Å². The van der Waals surface area contributed by atoms with Crippen LogP contribution in [0, 0.1) is 6.92 Å². The van der Waals surface area contributed by atoms with Crippen LogP contribution in [-0.4, -0.2) is 17.1 Å². The van der Waals surface area contributed by atoms with Gasteiger partial charge < -0.3 is 16.0 Å². The van der Waals surface area contributed by atoms with Crippen molar-refractivity contribution in [3.8, 4) is 16.8 Å². The Morgan fingerprint density at radius 1 is 0.773 bits per heavy atom. The Hall–Kier alpha value is -5.68. The second-order valence-corrected chi connectivity index (χ2v) is 11.1. The first-order chi connectivity index (χ1) is 21.4. The lowest BCUT2D eigenvalue weighted by Crippen LogP contribution is -2.01. The van der Waals surface area contributed by atoms with E-state index in [1.165, 1.54) is 5.56 Å². The molecule has 44 heavy (non-hydrogen) atoms. The van der Waals surface area contributed by atoms with Gasteiger partial charge in [-0.15, -0.1) is 0 Å². The molecule has 0 saturated heterocycles. The number of nitrogen functional groups attached to an aromatic ring is 2. The fourth-order valence-corrected chi connectivity index (χ4v) is 5.71. The van der Waals surface area contributed by atoms with Crippen LogP contribution >= 0.6 is 0 Å². The second kappa shape index (κ2) is 11.9. The molecule has 0 atom stereocenters. The highest BCUT2D eigenvalue weighted by Crippen LogP contribution is 2.38. The molecule has 0 aliphatic heterocycles. The van der Waals surface area contributed by atoms with Crippen molar-refractivity contribution in [1.29, 1.82) is 0 Å². The maximum atomic E-state index is 6.25. The first-order valence-electron chi connectivity index (χ1n) is 14.6. The Kier molecular flexibility index (Phi) is 7.69. The van der Waals surface area contributed by atoms with Crippen molar-refractivity contribution in [2.45, 2.75) is 20.4 Å². The normalized spacial score (nSPS) is 12.1. The number of hydrogen-bond acceptors (Lipinski definition) is 3. The van der Waals surface area contributed by atoms with Crippen molar-refractivity contribution < 1.29 is 0 Å². The average molecular weight is 574 g/mol. The van der Waals surface area contributed by atoms with Gasteiger partial charge in [0.15, 0.2) is 5.84 Å². The molecule has 5 aromatic carbocycles. The van der Waals surface area contributed by atoms with E-state index in [0.29, 0.717) is 23.8 Å². The molecular formula is C39H35N5. The van der Waals surface area contributed by atoms with E-state index < -0.39 is 0 Å². The van der Waals surface area contributed by atoms with Gasteiger partial charge >= 0.3 is 0 Å². The number of rotatable bonds is 7. The summed E-state index contributed by atoms with van der Waals surface area (Å²) in [6.07, 6.45) is 3.79. The molecule has 5 heteroatoms. The van der Waals surface area contributed by atoms with Gasteiger partial charge in [0.25, 0.3) is 0 Å². The summed E-state index contributed by atoms with van der Waals surface area (Å²) >= 11 is 0. The quantitative estimate of drug-likeness (QED) is 0.0864. The van der Waals surface area contributed by atoms with Crippen molar-refractivity contribution in [3.05, 3.63) is 144 Å². The van der Waals surface area contributed by atoms with Crippen LogP contribution in [0.1, 0.15) is 29.2 Å². The lowest BCUT2D eigenvalue weighted by molar-refractivity contribution is 1.05. The summed E-state index contributed by atoms with van der Waals surface area (Å²) < 4.78 is 2.30. The third-order valence-electron chi connectivity index (χ3n) is 8.01. The van der Waals surface area contributed by atoms with E-state index in [1.807, 2.05) is 42.5 Å². The molecule has 6 rings (SSSR count). The Balaban J connectivity index is 1.48. The number of nitrogens with two attached hydrogens (primary N) is 2. The number of fused-ring (bicyclic) bond motifs is 3. The highest BCUT2D eigenvalue weighted by Gasteiger charge is 2.17. The van der Waals surface area contributed by atoms with Crippen LogP contribution in [0.15, 0.2) is 132 Å². The largest absolute Gasteiger partial charge is 0.399 e. The molecule has 1 aromatic heterocycles. The summed E-state index contributed by atoms with van der Waals surface area (Å²) in [7, 11) is 0. The minimum absolute atomic E-state index is 0.448. The minimum Gasteiger partial charge on any atom is -0.399 e. The second-order valence-electron chi connectivity index (χ2n) is 11.1. The zero-order valence-corrected chi connectivity index (χ0v) is 25.1. The Morgan fingerprint density at radius 2 is 1.39 bits per heavy atom. The van der Waals surface area contributed by atoms with Crippen molar-refractivity contribution >= 4 is 51.3 Å². The van der Waals surface area contributed by atoms with Gasteiger partial charge in [0.1, 0.15) is 0 Å². The zero-order chi connectivity index (χ0) is 30.8. The highest BCUT2D eigenvalue weighted by molar-refractivity contribution is 6.11. The number of allylic oxidation sites excluding steroid dienone is 3. The summed E-state index contributed by atoms with van der Waals surface area (Å²) in [4.78, 5) is 9.16. The third-order valence-corrected chi connectivity index (χ3v) is 8.01. The maximum absolute atomic E-state index is 6.25. The van der Waals surface area contributed by atoms with Gasteiger partial charge in [-0.05, 0) is 85.3 Å². The van der Waals surface area contributed by atoms with E-state index in [0.717, 1.165) is 60.9 Å². The minimum atomic E-state index is 0.448. The topological polar surface area (TPSA) is 81.7 Å². The average Bonchev–Trinajstić information content (AvgIpc) is 3.34. The van der Waals surface area contributed by atoms with Gasteiger partial charge in [-0.3, -0.25) is 4.99 Å². The molecule has 0 fully saturated rings. The Morgan fingerprint density at radius 3 is 1.98 bits per heavy atom. The third kappa shape index (κ3) is 5.43. The van der Waals surface area contributed by atoms with Crippen molar-refractivity contribution in [2.24, 2.45) is 9.98 Å². The predicted octanol–water partition coefficient (Wildman–Crippen LogP) is 9.16. The molecule has 0 saturated carbocycles. The molecule has 5 nitrogen and oxygen atoms in total. The van der Waals surface area contributed by atoms with E-state index in [9.17, 15) is 0 Å². The van der Waals surface area contributed by atoms with E-state index in [4.69, 9.17) is 16.5 Å². The van der Waals surface area contributed by atoms with E-state index >= 15 is 0 Å². The number of hydrogen-bond donors (Lipinski definition) is 2. The fraction of sp³-hybridized carbons (Fsp3) is 0.0769. The maximum Gasteiger partial charge on any atom is 0.154 e. The lowest BCUT2D eigenvalue weighted by Gasteiger charge is -2.16. The van der Waals surface area contributed by atoms with Crippen LogP contribution in [-0.2, 0) is 6.54 Å². The van der Waals surface area contributed by atoms with Gasteiger partial charge in [0, 0.05) is 33.3 Å². The van der Waals surface area contributed by atoms with Crippen molar-refractivity contribution in [3.63, 3.8) is 0 Å². The molecule has 0 amide bonds. The van der Waals surface area contributed by atoms with Crippen LogP contribution in [0.5, 0.6) is 0 Å². The number of nitrogens with zero attached hydrogens (tertiary/aromatic N) is 3. The summed E-state index contributed by atoms with van der Waals surface area (Å²) in [5.74, 6) is 0.605. The first kappa shape index (κ1) is 28.4. The number of aromatic nitrogens is 1. The predicted molar refractivity (Wildman–Crippen MR) is 190 cm³/mol. The van der Waals surface area contributed by atoms with Crippen LogP contribution in [0.4, 0.5) is 11.4 Å². The standard InChI is InChI=1S/C39H35N5/c1-5-6-26(3)28-12-14-30(15-13-28)39(42-4)43-24-27-9-18-33(29-10-7-25(2)8-11-29)38(21-27)44-36-19-16-31(40)22-34(36)35-23-32(41)17-20-37(35)44/h5-23H,1,4,24,40-41H2,2-3H3/b26-6+,43-39?. The van der Waals surface area contributed by atoms with Gasteiger partial charge in [-0.25, -0.2) is 4.99 Å². The summed E-state index contributed by atoms with van der Waals surface area (Å²) in [5.41, 5.74) is 24.8. The van der Waals surface area contributed by atoms with Crippen LogP contribution < -0.4 is 11.5 Å². The molecule has 0 spiro atoms. The van der Waals surface area contributed by atoms with Crippen molar-refractivity contribution in [1.82, 2.24) is 4.57 Å². The Labute approximate surface area is 258 Å². The molecule has 1 heterocycles.